The predicted octanol–water partition coefficient (Wildman–Crippen LogP) is 3.61. The fraction of sp³-hybridized carbons (Fsp3) is 0.308. The van der Waals surface area contributed by atoms with Crippen LogP contribution in [0.25, 0.3) is 0 Å². The average molecular weight is 327 g/mol. The van der Waals surface area contributed by atoms with Gasteiger partial charge in [-0.1, -0.05) is 6.92 Å². The molecule has 2 rings (SSSR count). The number of hydrogen-bond donors (Lipinski definition) is 1. The Morgan fingerprint density at radius 1 is 1.56 bits per heavy atom. The molecular formula is C13H15BrN2OS. The summed E-state index contributed by atoms with van der Waals surface area (Å²) in [6, 6.07) is 6.00. The third-order valence-electron chi connectivity index (χ3n) is 2.62. The summed E-state index contributed by atoms with van der Waals surface area (Å²) in [7, 11) is 1.67. The van der Waals surface area contributed by atoms with E-state index in [9.17, 15) is 0 Å². The van der Waals surface area contributed by atoms with Gasteiger partial charge in [-0.05, 0) is 51.6 Å². The summed E-state index contributed by atoms with van der Waals surface area (Å²) in [5.74, 6) is 0.811. The molecule has 2 heterocycles. The van der Waals surface area contributed by atoms with E-state index in [0.29, 0.717) is 0 Å². The van der Waals surface area contributed by atoms with Gasteiger partial charge in [-0.15, -0.1) is 11.3 Å². The summed E-state index contributed by atoms with van der Waals surface area (Å²) in [5, 5.41) is 5.58. The van der Waals surface area contributed by atoms with Gasteiger partial charge in [0.1, 0.15) is 11.4 Å². The maximum absolute atomic E-state index is 5.39. The van der Waals surface area contributed by atoms with E-state index in [-0.39, 0.29) is 6.04 Å². The third-order valence-corrected chi connectivity index (χ3v) is 4.15. The van der Waals surface area contributed by atoms with Crippen LogP contribution >= 0.6 is 27.3 Å². The first-order valence-corrected chi connectivity index (χ1v) is 7.39. The Balaban J connectivity index is 2.41. The number of aromatic nitrogens is 1. The monoisotopic (exact) mass is 326 g/mol. The van der Waals surface area contributed by atoms with E-state index < -0.39 is 0 Å². The number of ether oxygens (including phenoxy) is 1. The van der Waals surface area contributed by atoms with Crippen LogP contribution in [0, 0.1) is 0 Å². The van der Waals surface area contributed by atoms with Crippen molar-refractivity contribution in [2.24, 2.45) is 0 Å². The van der Waals surface area contributed by atoms with Crippen molar-refractivity contribution >= 4 is 27.3 Å². The van der Waals surface area contributed by atoms with E-state index in [1.54, 1.807) is 24.6 Å². The van der Waals surface area contributed by atoms with Gasteiger partial charge in [0.2, 0.25) is 0 Å². The van der Waals surface area contributed by atoms with E-state index in [1.165, 1.54) is 5.56 Å². The standard InChI is InChI=1S/C13H15BrN2OS/c1-3-15-12(9-7-11(14)18-8-9)13-10(17-2)5-4-6-16-13/h4-8,12,15H,3H2,1-2H3. The van der Waals surface area contributed by atoms with Crippen molar-refractivity contribution in [1.29, 1.82) is 0 Å². The Bertz CT molecular complexity index is 515. The predicted molar refractivity (Wildman–Crippen MR) is 78.3 cm³/mol. The Morgan fingerprint density at radius 2 is 2.39 bits per heavy atom. The molecule has 0 aliphatic heterocycles. The molecule has 3 nitrogen and oxygen atoms in total. The van der Waals surface area contributed by atoms with Gasteiger partial charge in [-0.2, -0.15) is 0 Å². The lowest BCUT2D eigenvalue weighted by atomic mass is 10.1. The summed E-state index contributed by atoms with van der Waals surface area (Å²) >= 11 is 5.17. The topological polar surface area (TPSA) is 34.2 Å². The first-order chi connectivity index (χ1) is 8.76. The molecule has 0 spiro atoms. The van der Waals surface area contributed by atoms with Gasteiger partial charge in [0.25, 0.3) is 0 Å². The lowest BCUT2D eigenvalue weighted by Gasteiger charge is -2.18. The second kappa shape index (κ2) is 6.31. The Morgan fingerprint density at radius 3 is 3.00 bits per heavy atom. The highest BCUT2D eigenvalue weighted by Crippen LogP contribution is 2.32. The Hall–Kier alpha value is -0.910. The van der Waals surface area contributed by atoms with Crippen molar-refractivity contribution in [3.8, 4) is 5.75 Å². The van der Waals surface area contributed by atoms with Crippen molar-refractivity contribution in [2.45, 2.75) is 13.0 Å². The van der Waals surface area contributed by atoms with Gasteiger partial charge in [0.15, 0.2) is 0 Å². The molecule has 2 aromatic heterocycles. The zero-order valence-electron chi connectivity index (χ0n) is 10.3. The van der Waals surface area contributed by atoms with Crippen LogP contribution in [0.2, 0.25) is 0 Å². The second-order valence-electron chi connectivity index (χ2n) is 3.77. The maximum atomic E-state index is 5.39. The average Bonchev–Trinajstić information content (AvgIpc) is 2.82. The summed E-state index contributed by atoms with van der Waals surface area (Å²) in [5.41, 5.74) is 2.12. The van der Waals surface area contributed by atoms with E-state index in [4.69, 9.17) is 4.74 Å². The Kier molecular flexibility index (Phi) is 4.74. The molecule has 0 aliphatic rings. The fourth-order valence-corrected chi connectivity index (χ4v) is 3.05. The fourth-order valence-electron chi connectivity index (χ4n) is 1.84. The van der Waals surface area contributed by atoms with Crippen LogP contribution in [0.15, 0.2) is 33.6 Å². The lowest BCUT2D eigenvalue weighted by molar-refractivity contribution is 0.400. The number of halogens is 1. The molecule has 0 aromatic carbocycles. The van der Waals surface area contributed by atoms with Gasteiger partial charge in [0.05, 0.1) is 16.9 Å². The zero-order chi connectivity index (χ0) is 13.0. The minimum absolute atomic E-state index is 0.0636. The summed E-state index contributed by atoms with van der Waals surface area (Å²) in [4.78, 5) is 4.46. The summed E-state index contributed by atoms with van der Waals surface area (Å²) in [6.07, 6.45) is 1.80. The van der Waals surface area contributed by atoms with E-state index >= 15 is 0 Å². The highest BCUT2D eigenvalue weighted by atomic mass is 79.9. The van der Waals surface area contributed by atoms with Crippen molar-refractivity contribution in [3.63, 3.8) is 0 Å². The molecule has 2 aromatic rings. The van der Waals surface area contributed by atoms with Gasteiger partial charge < -0.3 is 10.1 Å². The largest absolute Gasteiger partial charge is 0.495 e. The van der Waals surface area contributed by atoms with Gasteiger partial charge in [0, 0.05) is 6.20 Å². The van der Waals surface area contributed by atoms with Gasteiger partial charge in [-0.3, -0.25) is 4.98 Å². The molecule has 1 N–H and O–H groups in total. The lowest BCUT2D eigenvalue weighted by Crippen LogP contribution is -2.23. The van der Waals surface area contributed by atoms with E-state index in [1.807, 2.05) is 12.1 Å². The molecular weight excluding hydrogens is 312 g/mol. The summed E-state index contributed by atoms with van der Waals surface area (Å²) < 4.78 is 6.51. The van der Waals surface area contributed by atoms with Gasteiger partial charge in [-0.25, -0.2) is 0 Å². The number of nitrogens with one attached hydrogen (secondary N) is 1. The number of methoxy groups -OCH3 is 1. The van der Waals surface area contributed by atoms with E-state index in [0.717, 1.165) is 21.8 Å². The molecule has 18 heavy (non-hydrogen) atoms. The number of hydrogen-bond acceptors (Lipinski definition) is 4. The maximum Gasteiger partial charge on any atom is 0.142 e. The second-order valence-corrected chi connectivity index (χ2v) is 6.06. The molecule has 0 saturated carbocycles. The molecule has 0 saturated heterocycles. The minimum atomic E-state index is 0.0636. The number of nitrogens with zero attached hydrogens (tertiary/aromatic N) is 1. The quantitative estimate of drug-likeness (QED) is 0.911. The first-order valence-electron chi connectivity index (χ1n) is 5.72. The smallest absolute Gasteiger partial charge is 0.142 e. The van der Waals surface area contributed by atoms with Crippen LogP contribution < -0.4 is 10.1 Å². The highest BCUT2D eigenvalue weighted by Gasteiger charge is 2.19. The zero-order valence-corrected chi connectivity index (χ0v) is 12.7. The molecule has 1 unspecified atom stereocenters. The van der Waals surface area contributed by atoms with Crippen molar-refractivity contribution in [1.82, 2.24) is 10.3 Å². The molecule has 0 bridgehead atoms. The van der Waals surface area contributed by atoms with Crippen molar-refractivity contribution in [2.75, 3.05) is 13.7 Å². The molecule has 0 radical (unpaired) electrons. The number of pyridine rings is 1. The number of rotatable bonds is 5. The normalized spacial score (nSPS) is 12.4. The summed E-state index contributed by atoms with van der Waals surface area (Å²) in [6.45, 7) is 2.96. The SMILES string of the molecule is CCNC(c1csc(Br)c1)c1ncccc1OC. The molecule has 5 heteroatoms. The van der Waals surface area contributed by atoms with Crippen LogP contribution in [-0.2, 0) is 0 Å². The number of thiophene rings is 1. The van der Waals surface area contributed by atoms with E-state index in [2.05, 4.69) is 44.6 Å². The molecule has 0 amide bonds. The highest BCUT2D eigenvalue weighted by molar-refractivity contribution is 9.11. The molecule has 0 fully saturated rings. The van der Waals surface area contributed by atoms with Crippen molar-refractivity contribution < 1.29 is 4.74 Å². The first kappa shape index (κ1) is 13.5. The van der Waals surface area contributed by atoms with Crippen LogP contribution in [0.1, 0.15) is 24.2 Å². The molecule has 96 valence electrons. The minimum Gasteiger partial charge on any atom is -0.495 e. The van der Waals surface area contributed by atoms with Crippen LogP contribution in [0.3, 0.4) is 0 Å². The van der Waals surface area contributed by atoms with Crippen LogP contribution in [0.4, 0.5) is 0 Å². The molecule has 1 atom stereocenters. The van der Waals surface area contributed by atoms with Crippen LogP contribution in [0.5, 0.6) is 5.75 Å². The molecule has 0 aliphatic carbocycles. The van der Waals surface area contributed by atoms with Crippen LogP contribution in [-0.4, -0.2) is 18.6 Å². The van der Waals surface area contributed by atoms with Gasteiger partial charge >= 0.3 is 0 Å². The Labute approximate surface area is 119 Å². The third kappa shape index (κ3) is 2.91. The van der Waals surface area contributed by atoms with Crippen molar-refractivity contribution in [3.05, 3.63) is 44.8 Å².